The molecule has 0 bridgehead atoms. The zero-order chi connectivity index (χ0) is 25.8. The van der Waals surface area contributed by atoms with E-state index in [0.29, 0.717) is 0 Å². The van der Waals surface area contributed by atoms with Gasteiger partial charge >= 0.3 is 0 Å². The number of rotatable bonds is 14. The van der Waals surface area contributed by atoms with Gasteiger partial charge in [-0.25, -0.2) is 0 Å². The van der Waals surface area contributed by atoms with Crippen molar-refractivity contribution in [2.45, 2.75) is 39.3 Å². The summed E-state index contributed by atoms with van der Waals surface area (Å²) < 4.78 is 3.96. The maximum Gasteiger partial charge on any atom is 0.0931 e. The molecule has 1 aromatic carbocycles. The van der Waals surface area contributed by atoms with Crippen LogP contribution >= 0.6 is 0 Å². The summed E-state index contributed by atoms with van der Waals surface area (Å²) in [5.41, 5.74) is 4.79. The molecular weight excluding hydrogens is 472 g/mol. The van der Waals surface area contributed by atoms with E-state index in [-0.39, 0.29) is 0 Å². The molecule has 0 aliphatic heterocycles. The summed E-state index contributed by atoms with van der Waals surface area (Å²) in [5, 5.41) is 8.86. The molecule has 8 heteroatoms. The van der Waals surface area contributed by atoms with Crippen molar-refractivity contribution in [2.24, 2.45) is 0 Å². The molecule has 38 heavy (non-hydrogen) atoms. The Kier molecular flexibility index (Phi) is 9.01. The van der Waals surface area contributed by atoms with E-state index in [1.807, 2.05) is 82.9 Å². The van der Waals surface area contributed by atoms with E-state index in [0.717, 1.165) is 63.7 Å². The van der Waals surface area contributed by atoms with Crippen LogP contribution in [0, 0.1) is 0 Å². The van der Waals surface area contributed by atoms with Crippen LogP contribution in [0.1, 0.15) is 22.5 Å². The van der Waals surface area contributed by atoms with Gasteiger partial charge in [-0.1, -0.05) is 36.4 Å². The summed E-state index contributed by atoms with van der Waals surface area (Å²) in [6, 6.07) is 25.1. The van der Waals surface area contributed by atoms with E-state index < -0.39 is 0 Å². The fourth-order valence-electron chi connectivity index (χ4n) is 4.56. The van der Waals surface area contributed by atoms with Crippen molar-refractivity contribution in [3.8, 4) is 0 Å². The van der Waals surface area contributed by atoms with Crippen LogP contribution in [0.4, 0.5) is 0 Å². The third kappa shape index (κ3) is 7.93. The number of hydrogen-bond donors (Lipinski definition) is 0. The van der Waals surface area contributed by atoms with Crippen molar-refractivity contribution in [1.29, 1.82) is 0 Å². The van der Waals surface area contributed by atoms with Gasteiger partial charge in [0, 0.05) is 87.6 Å². The fraction of sp³-hybridized carbons (Fsp3) is 0.267. The second-order valence-corrected chi connectivity index (χ2v) is 9.44. The number of hydrogen-bond acceptors (Lipinski definition) is 6. The van der Waals surface area contributed by atoms with Gasteiger partial charge < -0.3 is 0 Å². The Labute approximate surface area is 224 Å². The third-order valence-electron chi connectivity index (χ3n) is 6.43. The predicted molar refractivity (Wildman–Crippen MR) is 148 cm³/mol. The van der Waals surface area contributed by atoms with Crippen LogP contribution in [0.25, 0.3) is 0 Å². The predicted octanol–water partition coefficient (Wildman–Crippen LogP) is 4.27. The molecule has 0 radical (unpaired) electrons. The Hall–Kier alpha value is -4.14. The molecule has 0 atom stereocenters. The Morgan fingerprint density at radius 2 is 1.08 bits per heavy atom. The zero-order valence-corrected chi connectivity index (χ0v) is 21.6. The monoisotopic (exact) mass is 506 g/mol. The van der Waals surface area contributed by atoms with E-state index in [1.54, 1.807) is 0 Å². The summed E-state index contributed by atoms with van der Waals surface area (Å²) in [4.78, 5) is 13.9. The normalized spacial score (nSPS) is 11.4. The lowest BCUT2D eigenvalue weighted by molar-refractivity contribution is 0.197. The highest BCUT2D eigenvalue weighted by atomic mass is 15.4. The number of pyridine rings is 2. The summed E-state index contributed by atoms with van der Waals surface area (Å²) in [5.74, 6) is 0. The quantitative estimate of drug-likeness (QED) is 0.224. The molecule has 0 fully saturated rings. The van der Waals surface area contributed by atoms with Gasteiger partial charge in [0.2, 0.25) is 0 Å². The van der Waals surface area contributed by atoms with Gasteiger partial charge in [-0.2, -0.15) is 10.2 Å². The van der Waals surface area contributed by atoms with Crippen LogP contribution < -0.4 is 0 Å². The van der Waals surface area contributed by atoms with Crippen LogP contribution in [0.15, 0.2) is 110 Å². The van der Waals surface area contributed by atoms with Crippen molar-refractivity contribution < 1.29 is 0 Å². The molecule has 0 N–H and O–H groups in total. The highest BCUT2D eigenvalue weighted by molar-refractivity contribution is 5.23. The number of nitrogens with zero attached hydrogens (tertiary/aromatic N) is 8. The number of benzene rings is 1. The van der Waals surface area contributed by atoms with Gasteiger partial charge in [0.1, 0.15) is 0 Å². The van der Waals surface area contributed by atoms with E-state index in [2.05, 4.69) is 66.4 Å². The Bertz CT molecular complexity index is 1220. The Balaban J connectivity index is 1.26. The number of aromatic nitrogens is 6. The van der Waals surface area contributed by atoms with Gasteiger partial charge in [-0.15, -0.1) is 0 Å². The largest absolute Gasteiger partial charge is 0.280 e. The molecule has 4 aromatic heterocycles. The van der Waals surface area contributed by atoms with Gasteiger partial charge in [0.25, 0.3) is 0 Å². The molecule has 5 aromatic rings. The maximum atomic E-state index is 4.51. The van der Waals surface area contributed by atoms with E-state index in [9.17, 15) is 0 Å². The first-order chi connectivity index (χ1) is 18.8. The van der Waals surface area contributed by atoms with E-state index in [1.165, 1.54) is 11.1 Å². The molecule has 8 nitrogen and oxygen atoms in total. The average molecular weight is 507 g/mol. The van der Waals surface area contributed by atoms with Crippen LogP contribution in [0.3, 0.4) is 0 Å². The smallest absolute Gasteiger partial charge is 0.0931 e. The standard InChI is InChI=1S/C30H34N8/c1-3-14-31-29(10-1)12-20-35(25-37-18-6-16-33-37)23-27-8-5-9-28(22-27)24-36(26-38-19-7-17-34-38)21-13-30-11-2-4-15-32-30/h1-11,14-19,22H,12-13,20-21,23-26H2. The Morgan fingerprint density at radius 1 is 0.553 bits per heavy atom. The van der Waals surface area contributed by atoms with E-state index >= 15 is 0 Å². The molecule has 0 spiro atoms. The molecule has 194 valence electrons. The lowest BCUT2D eigenvalue weighted by Crippen LogP contribution is -2.29. The average Bonchev–Trinajstić information content (AvgIpc) is 3.67. The maximum absolute atomic E-state index is 4.51. The SMILES string of the molecule is c1ccc(CCN(Cc2cccc(CN(CCc3ccccn3)Cn3cccn3)c2)Cn2cccn2)nc1. The first-order valence-electron chi connectivity index (χ1n) is 13.1. The first-order valence-corrected chi connectivity index (χ1v) is 13.1. The minimum Gasteiger partial charge on any atom is -0.280 e. The Morgan fingerprint density at radius 3 is 1.50 bits per heavy atom. The van der Waals surface area contributed by atoms with Gasteiger partial charge in [-0.05, 0) is 47.5 Å². The van der Waals surface area contributed by atoms with Crippen LogP contribution in [-0.4, -0.2) is 52.4 Å². The highest BCUT2D eigenvalue weighted by Gasteiger charge is 2.12. The second-order valence-electron chi connectivity index (χ2n) is 9.44. The molecule has 5 rings (SSSR count). The van der Waals surface area contributed by atoms with Crippen LogP contribution in [0.5, 0.6) is 0 Å². The molecule has 0 saturated heterocycles. The van der Waals surface area contributed by atoms with E-state index in [4.69, 9.17) is 0 Å². The van der Waals surface area contributed by atoms with Gasteiger partial charge in [-0.3, -0.25) is 29.1 Å². The summed E-state index contributed by atoms with van der Waals surface area (Å²) in [6.07, 6.45) is 13.2. The lowest BCUT2D eigenvalue weighted by atomic mass is 10.1. The van der Waals surface area contributed by atoms with Crippen LogP contribution in [0.2, 0.25) is 0 Å². The minimum atomic E-state index is 0.736. The lowest BCUT2D eigenvalue weighted by Gasteiger charge is -2.24. The molecular formula is C30H34N8. The zero-order valence-electron chi connectivity index (χ0n) is 21.6. The second kappa shape index (κ2) is 13.4. The molecule has 0 amide bonds. The summed E-state index contributed by atoms with van der Waals surface area (Å²) in [6.45, 7) is 4.95. The fourth-order valence-corrected chi connectivity index (χ4v) is 4.56. The molecule has 0 aliphatic carbocycles. The van der Waals surface area contributed by atoms with Crippen molar-refractivity contribution in [2.75, 3.05) is 13.1 Å². The van der Waals surface area contributed by atoms with Crippen molar-refractivity contribution in [3.05, 3.63) is 132 Å². The summed E-state index contributed by atoms with van der Waals surface area (Å²) >= 11 is 0. The van der Waals surface area contributed by atoms with Crippen molar-refractivity contribution in [1.82, 2.24) is 39.3 Å². The van der Waals surface area contributed by atoms with Gasteiger partial charge in [0.15, 0.2) is 0 Å². The highest BCUT2D eigenvalue weighted by Crippen LogP contribution is 2.14. The van der Waals surface area contributed by atoms with Crippen molar-refractivity contribution >= 4 is 0 Å². The first kappa shape index (κ1) is 25.5. The van der Waals surface area contributed by atoms with Gasteiger partial charge in [0.05, 0.1) is 13.3 Å². The molecule has 0 aliphatic rings. The molecule has 0 saturated carbocycles. The van der Waals surface area contributed by atoms with Crippen molar-refractivity contribution in [3.63, 3.8) is 0 Å². The molecule has 4 heterocycles. The molecule has 0 unspecified atom stereocenters. The summed E-state index contributed by atoms with van der Waals surface area (Å²) in [7, 11) is 0. The minimum absolute atomic E-state index is 0.736. The topological polar surface area (TPSA) is 67.9 Å². The third-order valence-corrected chi connectivity index (χ3v) is 6.43. The van der Waals surface area contributed by atoms with Crippen LogP contribution in [-0.2, 0) is 39.3 Å².